The number of ether oxygens (including phenoxy) is 1. The second kappa shape index (κ2) is 4.93. The van der Waals surface area contributed by atoms with Gasteiger partial charge in [0.25, 0.3) is 0 Å². The van der Waals surface area contributed by atoms with E-state index in [1.54, 1.807) is 0 Å². The second-order valence-corrected chi connectivity index (χ2v) is 5.28. The van der Waals surface area contributed by atoms with E-state index in [1.165, 1.54) is 7.11 Å². The van der Waals surface area contributed by atoms with Gasteiger partial charge in [0.05, 0.1) is 12.4 Å². The molecule has 0 aromatic carbocycles. The number of hydrogen-bond acceptors (Lipinski definition) is 3. The Morgan fingerprint density at radius 2 is 2.00 bits per heavy atom. The van der Waals surface area contributed by atoms with Gasteiger partial charge in [-0.1, -0.05) is 12.8 Å². The first-order valence-corrected chi connectivity index (χ1v) is 6.28. The molecular formula is C8H17NO3S. The van der Waals surface area contributed by atoms with Gasteiger partial charge in [0.2, 0.25) is 10.0 Å². The van der Waals surface area contributed by atoms with Crippen LogP contribution in [0.2, 0.25) is 0 Å². The summed E-state index contributed by atoms with van der Waals surface area (Å²) in [5.74, 6) is 0.0694. The second-order valence-electron chi connectivity index (χ2n) is 3.41. The van der Waals surface area contributed by atoms with E-state index in [9.17, 15) is 8.42 Å². The van der Waals surface area contributed by atoms with Crippen LogP contribution < -0.4 is 4.72 Å². The van der Waals surface area contributed by atoms with E-state index in [0.717, 1.165) is 25.7 Å². The smallest absolute Gasteiger partial charge is 0.214 e. The fourth-order valence-electron chi connectivity index (χ4n) is 1.55. The largest absolute Gasteiger partial charge is 0.384 e. The molecule has 4 nitrogen and oxygen atoms in total. The maximum atomic E-state index is 11.4. The Kier molecular flexibility index (Phi) is 4.15. The van der Waals surface area contributed by atoms with Gasteiger partial charge in [0.1, 0.15) is 0 Å². The molecule has 0 aromatic rings. The first kappa shape index (κ1) is 10.9. The minimum atomic E-state index is -3.10. The summed E-state index contributed by atoms with van der Waals surface area (Å²) in [5.41, 5.74) is 0. The molecule has 0 unspecified atom stereocenters. The zero-order chi connectivity index (χ0) is 9.73. The van der Waals surface area contributed by atoms with Crippen molar-refractivity contribution in [2.75, 3.05) is 19.5 Å². The molecule has 0 aliphatic heterocycles. The lowest BCUT2D eigenvalue weighted by Gasteiger charge is -2.11. The standard InChI is InChI=1S/C8H17NO3S/c1-12-6-7-13(10,11)9-8-4-2-3-5-8/h8-9H,2-7H2,1H3. The molecule has 13 heavy (non-hydrogen) atoms. The number of rotatable bonds is 5. The minimum Gasteiger partial charge on any atom is -0.384 e. The van der Waals surface area contributed by atoms with Gasteiger partial charge < -0.3 is 4.74 Å². The summed E-state index contributed by atoms with van der Waals surface area (Å²) in [6, 6.07) is 0.168. The zero-order valence-electron chi connectivity index (χ0n) is 7.95. The van der Waals surface area contributed by atoms with Gasteiger partial charge in [-0.15, -0.1) is 0 Å². The molecule has 78 valence electrons. The third-order valence-electron chi connectivity index (χ3n) is 2.26. The van der Waals surface area contributed by atoms with Gasteiger partial charge in [0, 0.05) is 13.2 Å². The fraction of sp³-hybridized carbons (Fsp3) is 1.00. The van der Waals surface area contributed by atoms with Gasteiger partial charge in [-0.2, -0.15) is 0 Å². The van der Waals surface area contributed by atoms with Crippen LogP contribution in [-0.2, 0) is 14.8 Å². The average molecular weight is 207 g/mol. The molecule has 0 spiro atoms. The molecule has 0 amide bonds. The summed E-state index contributed by atoms with van der Waals surface area (Å²) in [4.78, 5) is 0. The van der Waals surface area contributed by atoms with E-state index in [2.05, 4.69) is 4.72 Å². The van der Waals surface area contributed by atoms with Crippen molar-refractivity contribution in [1.29, 1.82) is 0 Å². The maximum Gasteiger partial charge on any atom is 0.214 e. The summed E-state index contributed by atoms with van der Waals surface area (Å²) in [6.07, 6.45) is 4.23. The van der Waals surface area contributed by atoms with E-state index < -0.39 is 10.0 Å². The monoisotopic (exact) mass is 207 g/mol. The van der Waals surface area contributed by atoms with Crippen LogP contribution in [0, 0.1) is 0 Å². The Morgan fingerprint density at radius 1 is 1.38 bits per heavy atom. The third-order valence-corrected chi connectivity index (χ3v) is 3.65. The molecular weight excluding hydrogens is 190 g/mol. The molecule has 1 aliphatic carbocycles. The number of sulfonamides is 1. The predicted octanol–water partition coefficient (Wildman–Crippen LogP) is 0.495. The van der Waals surface area contributed by atoms with Gasteiger partial charge in [-0.05, 0) is 12.8 Å². The Hall–Kier alpha value is -0.130. The minimum absolute atomic E-state index is 0.0694. The van der Waals surface area contributed by atoms with Crippen LogP contribution in [0.3, 0.4) is 0 Å². The zero-order valence-corrected chi connectivity index (χ0v) is 8.77. The predicted molar refractivity (Wildman–Crippen MR) is 51.1 cm³/mol. The third kappa shape index (κ3) is 4.06. The average Bonchev–Trinajstić information content (AvgIpc) is 2.52. The molecule has 1 aliphatic rings. The molecule has 0 heterocycles. The van der Waals surface area contributed by atoms with Crippen LogP contribution in [0.5, 0.6) is 0 Å². The number of hydrogen-bond donors (Lipinski definition) is 1. The molecule has 0 bridgehead atoms. The fourth-order valence-corrected chi connectivity index (χ4v) is 2.80. The van der Waals surface area contributed by atoms with Crippen molar-refractivity contribution in [3.63, 3.8) is 0 Å². The summed E-state index contributed by atoms with van der Waals surface area (Å²) in [7, 11) is -1.60. The van der Waals surface area contributed by atoms with Crippen LogP contribution in [0.25, 0.3) is 0 Å². The van der Waals surface area contributed by atoms with Crippen LogP contribution in [0.4, 0.5) is 0 Å². The van der Waals surface area contributed by atoms with Gasteiger partial charge >= 0.3 is 0 Å². The normalized spacial score (nSPS) is 19.5. The Balaban J connectivity index is 2.32. The lowest BCUT2D eigenvalue weighted by molar-refractivity contribution is 0.216. The molecule has 5 heteroatoms. The van der Waals surface area contributed by atoms with E-state index in [1.807, 2.05) is 0 Å². The van der Waals surface area contributed by atoms with E-state index in [0.29, 0.717) is 0 Å². The first-order valence-electron chi connectivity index (χ1n) is 4.63. The van der Waals surface area contributed by atoms with Gasteiger partial charge in [-0.3, -0.25) is 0 Å². The summed E-state index contributed by atoms with van der Waals surface area (Å²) >= 11 is 0. The van der Waals surface area contributed by atoms with E-state index >= 15 is 0 Å². The van der Waals surface area contributed by atoms with Gasteiger partial charge in [-0.25, -0.2) is 13.1 Å². The highest BCUT2D eigenvalue weighted by Gasteiger charge is 2.20. The van der Waals surface area contributed by atoms with Crippen molar-refractivity contribution in [2.24, 2.45) is 0 Å². The van der Waals surface area contributed by atoms with Crippen LogP contribution in [0.1, 0.15) is 25.7 Å². The Labute approximate surface area is 79.7 Å². The first-order chi connectivity index (χ1) is 6.14. The van der Waals surface area contributed by atoms with Crippen molar-refractivity contribution in [3.8, 4) is 0 Å². The summed E-state index contributed by atoms with van der Waals surface area (Å²) in [5, 5.41) is 0. The number of methoxy groups -OCH3 is 1. The van der Waals surface area contributed by atoms with E-state index in [-0.39, 0.29) is 18.4 Å². The van der Waals surface area contributed by atoms with E-state index in [4.69, 9.17) is 4.74 Å². The molecule has 1 rings (SSSR count). The molecule has 0 atom stereocenters. The quantitative estimate of drug-likeness (QED) is 0.714. The van der Waals surface area contributed by atoms with Crippen LogP contribution >= 0.6 is 0 Å². The lowest BCUT2D eigenvalue weighted by atomic mass is 10.3. The Morgan fingerprint density at radius 3 is 2.54 bits per heavy atom. The highest BCUT2D eigenvalue weighted by molar-refractivity contribution is 7.89. The molecule has 1 fully saturated rings. The van der Waals surface area contributed by atoms with Gasteiger partial charge in [0.15, 0.2) is 0 Å². The highest BCUT2D eigenvalue weighted by atomic mass is 32.2. The van der Waals surface area contributed by atoms with Crippen molar-refractivity contribution in [3.05, 3.63) is 0 Å². The molecule has 1 saturated carbocycles. The number of nitrogens with one attached hydrogen (secondary N) is 1. The molecule has 0 aromatic heterocycles. The molecule has 1 N–H and O–H groups in total. The van der Waals surface area contributed by atoms with Crippen molar-refractivity contribution >= 4 is 10.0 Å². The summed E-state index contributed by atoms with van der Waals surface area (Å²) in [6.45, 7) is 0.266. The molecule has 0 radical (unpaired) electrons. The molecule has 0 saturated heterocycles. The maximum absolute atomic E-state index is 11.4. The Bertz CT molecular complexity index is 232. The van der Waals surface area contributed by atoms with Crippen molar-refractivity contribution < 1.29 is 13.2 Å². The highest BCUT2D eigenvalue weighted by Crippen LogP contribution is 2.18. The van der Waals surface area contributed by atoms with Crippen LogP contribution in [0.15, 0.2) is 0 Å². The van der Waals surface area contributed by atoms with Crippen molar-refractivity contribution in [2.45, 2.75) is 31.7 Å². The van der Waals surface area contributed by atoms with Crippen LogP contribution in [-0.4, -0.2) is 33.9 Å². The lowest BCUT2D eigenvalue weighted by Crippen LogP contribution is -2.35. The van der Waals surface area contributed by atoms with Crippen molar-refractivity contribution in [1.82, 2.24) is 4.72 Å². The topological polar surface area (TPSA) is 55.4 Å². The SMILES string of the molecule is COCCS(=O)(=O)NC1CCCC1. The summed E-state index contributed by atoms with van der Waals surface area (Å²) < 4.78 is 30.1.